The molecule has 1 atom stereocenters. The molecule has 3 rings (SSSR count). The molecule has 2 aromatic rings. The SMILES string of the molecule is CCN1CCC(C(CN)c2nc3ccccc3s2)CC1. The van der Waals surface area contributed by atoms with Gasteiger partial charge < -0.3 is 10.6 Å². The van der Waals surface area contributed by atoms with E-state index in [-0.39, 0.29) is 0 Å². The molecule has 0 radical (unpaired) electrons. The summed E-state index contributed by atoms with van der Waals surface area (Å²) >= 11 is 1.83. The first kappa shape index (κ1) is 14.0. The van der Waals surface area contributed by atoms with E-state index in [1.54, 1.807) is 0 Å². The summed E-state index contributed by atoms with van der Waals surface area (Å²) in [6.07, 6.45) is 2.51. The van der Waals surface area contributed by atoms with Gasteiger partial charge in [0.2, 0.25) is 0 Å². The number of hydrogen-bond acceptors (Lipinski definition) is 4. The molecule has 0 amide bonds. The summed E-state index contributed by atoms with van der Waals surface area (Å²) in [4.78, 5) is 7.35. The predicted octanol–water partition coefficient (Wildman–Crippen LogP) is 3.07. The summed E-state index contributed by atoms with van der Waals surface area (Å²) < 4.78 is 1.28. The normalized spacial score (nSPS) is 19.5. The quantitative estimate of drug-likeness (QED) is 0.940. The summed E-state index contributed by atoms with van der Waals surface area (Å²) in [5, 5.41) is 1.24. The predicted molar refractivity (Wildman–Crippen MR) is 86.3 cm³/mol. The number of piperidine rings is 1. The minimum atomic E-state index is 0.436. The van der Waals surface area contributed by atoms with Gasteiger partial charge in [0.15, 0.2) is 0 Å². The van der Waals surface area contributed by atoms with E-state index in [2.05, 4.69) is 36.1 Å². The van der Waals surface area contributed by atoms with Gasteiger partial charge in [-0.15, -0.1) is 11.3 Å². The summed E-state index contributed by atoms with van der Waals surface area (Å²) in [5.41, 5.74) is 7.20. The number of aromatic nitrogens is 1. The van der Waals surface area contributed by atoms with Gasteiger partial charge in [-0.25, -0.2) is 4.98 Å². The van der Waals surface area contributed by atoms with Crippen molar-refractivity contribution >= 4 is 21.6 Å². The van der Waals surface area contributed by atoms with Crippen LogP contribution in [0.4, 0.5) is 0 Å². The molecule has 1 fully saturated rings. The maximum absolute atomic E-state index is 6.08. The number of rotatable bonds is 4. The average molecular weight is 289 g/mol. The summed E-state index contributed by atoms with van der Waals surface area (Å²) in [5.74, 6) is 1.13. The monoisotopic (exact) mass is 289 g/mol. The van der Waals surface area contributed by atoms with Crippen LogP contribution in [0.5, 0.6) is 0 Å². The summed E-state index contributed by atoms with van der Waals surface area (Å²) in [7, 11) is 0. The van der Waals surface area contributed by atoms with E-state index in [1.165, 1.54) is 42.2 Å². The van der Waals surface area contributed by atoms with E-state index in [9.17, 15) is 0 Å². The summed E-state index contributed by atoms with van der Waals surface area (Å²) in [6.45, 7) is 6.55. The van der Waals surface area contributed by atoms with Gasteiger partial charge in [0.25, 0.3) is 0 Å². The highest BCUT2D eigenvalue weighted by Gasteiger charge is 2.28. The molecular formula is C16H23N3S. The van der Waals surface area contributed by atoms with Crippen LogP contribution in [0.25, 0.3) is 10.2 Å². The molecule has 1 aliphatic heterocycles. The maximum Gasteiger partial charge on any atom is 0.0984 e. The van der Waals surface area contributed by atoms with Gasteiger partial charge in [0, 0.05) is 12.5 Å². The second-order valence-electron chi connectivity index (χ2n) is 5.63. The Labute approximate surface area is 124 Å². The minimum Gasteiger partial charge on any atom is -0.330 e. The van der Waals surface area contributed by atoms with Gasteiger partial charge in [-0.3, -0.25) is 0 Å². The second-order valence-corrected chi connectivity index (χ2v) is 6.70. The van der Waals surface area contributed by atoms with Gasteiger partial charge in [-0.2, -0.15) is 0 Å². The fourth-order valence-corrected chi connectivity index (χ4v) is 4.39. The van der Waals surface area contributed by atoms with Crippen LogP contribution in [0, 0.1) is 5.92 Å². The van der Waals surface area contributed by atoms with Crippen molar-refractivity contribution in [2.75, 3.05) is 26.2 Å². The molecule has 0 saturated carbocycles. The fourth-order valence-electron chi connectivity index (χ4n) is 3.22. The van der Waals surface area contributed by atoms with Crippen molar-refractivity contribution in [2.45, 2.75) is 25.7 Å². The molecule has 1 saturated heterocycles. The number of para-hydroxylation sites is 1. The van der Waals surface area contributed by atoms with E-state index in [0.29, 0.717) is 11.8 Å². The molecule has 1 aromatic carbocycles. The molecule has 1 aliphatic rings. The van der Waals surface area contributed by atoms with Crippen molar-refractivity contribution in [2.24, 2.45) is 11.7 Å². The van der Waals surface area contributed by atoms with E-state index in [4.69, 9.17) is 10.7 Å². The first-order valence-electron chi connectivity index (χ1n) is 7.59. The molecule has 108 valence electrons. The Hall–Kier alpha value is -0.970. The molecular weight excluding hydrogens is 266 g/mol. The molecule has 2 N–H and O–H groups in total. The van der Waals surface area contributed by atoms with Crippen LogP contribution in [-0.4, -0.2) is 36.1 Å². The lowest BCUT2D eigenvalue weighted by Gasteiger charge is -2.34. The fraction of sp³-hybridized carbons (Fsp3) is 0.562. The molecule has 1 unspecified atom stereocenters. The Morgan fingerprint density at radius 2 is 2.10 bits per heavy atom. The smallest absolute Gasteiger partial charge is 0.0984 e. The van der Waals surface area contributed by atoms with E-state index >= 15 is 0 Å². The Morgan fingerprint density at radius 3 is 2.75 bits per heavy atom. The maximum atomic E-state index is 6.08. The van der Waals surface area contributed by atoms with Crippen molar-refractivity contribution in [1.82, 2.24) is 9.88 Å². The minimum absolute atomic E-state index is 0.436. The first-order valence-corrected chi connectivity index (χ1v) is 8.41. The van der Waals surface area contributed by atoms with Crippen LogP contribution in [0.3, 0.4) is 0 Å². The lowest BCUT2D eigenvalue weighted by atomic mass is 9.84. The van der Waals surface area contributed by atoms with Crippen LogP contribution in [0.1, 0.15) is 30.7 Å². The van der Waals surface area contributed by atoms with Crippen LogP contribution in [0.2, 0.25) is 0 Å². The number of benzene rings is 1. The molecule has 0 bridgehead atoms. The largest absolute Gasteiger partial charge is 0.330 e. The van der Waals surface area contributed by atoms with Crippen molar-refractivity contribution in [3.05, 3.63) is 29.3 Å². The number of hydrogen-bond donors (Lipinski definition) is 1. The van der Waals surface area contributed by atoms with Gasteiger partial charge in [-0.05, 0) is 50.5 Å². The van der Waals surface area contributed by atoms with Crippen LogP contribution in [-0.2, 0) is 0 Å². The highest BCUT2D eigenvalue weighted by molar-refractivity contribution is 7.18. The first-order chi connectivity index (χ1) is 9.81. The Kier molecular flexibility index (Phi) is 4.34. The Balaban J connectivity index is 1.79. The average Bonchev–Trinajstić information content (AvgIpc) is 2.92. The van der Waals surface area contributed by atoms with Crippen molar-refractivity contribution in [1.29, 1.82) is 0 Å². The zero-order valence-electron chi connectivity index (χ0n) is 12.1. The number of nitrogens with two attached hydrogens (primary N) is 1. The third-order valence-corrected chi connectivity index (χ3v) is 5.70. The van der Waals surface area contributed by atoms with Crippen molar-refractivity contribution in [3.63, 3.8) is 0 Å². The van der Waals surface area contributed by atoms with E-state index < -0.39 is 0 Å². The third-order valence-electron chi connectivity index (χ3n) is 4.53. The van der Waals surface area contributed by atoms with Gasteiger partial charge in [0.05, 0.1) is 15.2 Å². The van der Waals surface area contributed by atoms with Gasteiger partial charge >= 0.3 is 0 Å². The number of thiazole rings is 1. The third kappa shape index (κ3) is 2.73. The van der Waals surface area contributed by atoms with Crippen molar-refractivity contribution in [3.8, 4) is 0 Å². The molecule has 4 heteroatoms. The highest BCUT2D eigenvalue weighted by atomic mass is 32.1. The highest BCUT2D eigenvalue weighted by Crippen LogP contribution is 2.35. The molecule has 2 heterocycles. The molecule has 3 nitrogen and oxygen atoms in total. The number of likely N-dealkylation sites (tertiary alicyclic amines) is 1. The van der Waals surface area contributed by atoms with Crippen LogP contribution >= 0.6 is 11.3 Å². The van der Waals surface area contributed by atoms with Gasteiger partial charge in [0.1, 0.15) is 0 Å². The lowest BCUT2D eigenvalue weighted by molar-refractivity contribution is 0.176. The van der Waals surface area contributed by atoms with Crippen LogP contribution < -0.4 is 5.73 Å². The molecule has 0 aliphatic carbocycles. The molecule has 0 spiro atoms. The van der Waals surface area contributed by atoms with E-state index in [0.717, 1.165) is 12.1 Å². The lowest BCUT2D eigenvalue weighted by Crippen LogP contribution is -2.36. The van der Waals surface area contributed by atoms with Crippen LogP contribution in [0.15, 0.2) is 24.3 Å². The topological polar surface area (TPSA) is 42.1 Å². The Bertz CT molecular complexity index is 525. The van der Waals surface area contributed by atoms with Gasteiger partial charge in [-0.1, -0.05) is 19.1 Å². The summed E-state index contributed by atoms with van der Waals surface area (Å²) in [6, 6.07) is 8.40. The standard InChI is InChI=1S/C16H23N3S/c1-2-19-9-7-12(8-10-19)13(11-17)16-18-14-5-3-4-6-15(14)20-16/h3-6,12-13H,2,7-11,17H2,1H3. The molecule has 1 aromatic heterocycles. The molecule has 20 heavy (non-hydrogen) atoms. The van der Waals surface area contributed by atoms with Crippen molar-refractivity contribution < 1.29 is 0 Å². The second kappa shape index (κ2) is 6.20. The zero-order valence-corrected chi connectivity index (χ0v) is 12.9. The van der Waals surface area contributed by atoms with E-state index in [1.807, 2.05) is 11.3 Å². The number of nitrogens with zero attached hydrogens (tertiary/aromatic N) is 2. The Morgan fingerprint density at radius 1 is 1.35 bits per heavy atom. The zero-order chi connectivity index (χ0) is 13.9. The number of fused-ring (bicyclic) bond motifs is 1.